The molecule has 2 N–H and O–H groups in total. The smallest absolute Gasteiger partial charge is 0.295 e. The van der Waals surface area contributed by atoms with E-state index in [-0.39, 0.29) is 11.3 Å². The van der Waals surface area contributed by atoms with Crippen molar-refractivity contribution in [2.45, 2.75) is 51.5 Å². The zero-order valence-electron chi connectivity index (χ0n) is 11.7. The number of aromatic nitrogens is 2. The SMILES string of the molecule is CCCC1CCC(Nc2nc[nH]c(=O)c2OC)CC1. The van der Waals surface area contributed by atoms with Crippen LogP contribution >= 0.6 is 0 Å². The molecule has 1 saturated carbocycles. The van der Waals surface area contributed by atoms with Gasteiger partial charge in [0.05, 0.1) is 13.4 Å². The van der Waals surface area contributed by atoms with Crippen molar-refractivity contribution in [3.05, 3.63) is 16.7 Å². The van der Waals surface area contributed by atoms with E-state index in [9.17, 15) is 4.79 Å². The molecule has 0 saturated heterocycles. The van der Waals surface area contributed by atoms with Gasteiger partial charge in [0.2, 0.25) is 5.75 Å². The third-order valence-electron chi connectivity index (χ3n) is 3.90. The Balaban J connectivity index is 1.96. The monoisotopic (exact) mass is 265 g/mol. The molecule has 1 aliphatic rings. The Kier molecular flexibility index (Phi) is 4.82. The second-order valence-electron chi connectivity index (χ2n) is 5.26. The van der Waals surface area contributed by atoms with E-state index < -0.39 is 0 Å². The fourth-order valence-electron chi connectivity index (χ4n) is 2.88. The Hall–Kier alpha value is -1.52. The summed E-state index contributed by atoms with van der Waals surface area (Å²) in [6, 6.07) is 0.399. The van der Waals surface area contributed by atoms with Gasteiger partial charge in [0.1, 0.15) is 0 Å². The normalized spacial score (nSPS) is 23.1. The van der Waals surface area contributed by atoms with Crippen LogP contribution in [-0.4, -0.2) is 23.1 Å². The zero-order chi connectivity index (χ0) is 13.7. The molecule has 1 fully saturated rings. The summed E-state index contributed by atoms with van der Waals surface area (Å²) in [5.74, 6) is 1.71. The Morgan fingerprint density at radius 3 is 2.79 bits per heavy atom. The first-order valence-corrected chi connectivity index (χ1v) is 7.12. The van der Waals surface area contributed by atoms with E-state index in [1.165, 1.54) is 39.1 Å². The summed E-state index contributed by atoms with van der Waals surface area (Å²) in [6.45, 7) is 2.25. The van der Waals surface area contributed by atoms with Crippen LogP contribution in [0.4, 0.5) is 5.82 Å². The number of hydrogen-bond acceptors (Lipinski definition) is 4. The summed E-state index contributed by atoms with van der Waals surface area (Å²) >= 11 is 0. The van der Waals surface area contributed by atoms with Crippen molar-refractivity contribution in [3.8, 4) is 5.75 Å². The molecule has 0 bridgehead atoms. The molecule has 0 spiro atoms. The Bertz CT molecular complexity index is 450. The van der Waals surface area contributed by atoms with Crippen molar-refractivity contribution in [2.75, 3.05) is 12.4 Å². The highest BCUT2D eigenvalue weighted by atomic mass is 16.5. The van der Waals surface area contributed by atoms with Crippen molar-refractivity contribution < 1.29 is 4.74 Å². The van der Waals surface area contributed by atoms with Gasteiger partial charge >= 0.3 is 0 Å². The van der Waals surface area contributed by atoms with E-state index in [1.807, 2.05) is 0 Å². The number of rotatable bonds is 5. The topological polar surface area (TPSA) is 67.0 Å². The van der Waals surface area contributed by atoms with Crippen molar-refractivity contribution in [1.82, 2.24) is 9.97 Å². The molecular weight excluding hydrogens is 242 g/mol. The van der Waals surface area contributed by atoms with Crippen molar-refractivity contribution >= 4 is 5.82 Å². The molecule has 5 nitrogen and oxygen atoms in total. The highest BCUT2D eigenvalue weighted by molar-refractivity contribution is 5.48. The zero-order valence-corrected chi connectivity index (χ0v) is 11.7. The van der Waals surface area contributed by atoms with Gasteiger partial charge in [-0.2, -0.15) is 0 Å². The van der Waals surface area contributed by atoms with Gasteiger partial charge in [0.25, 0.3) is 5.56 Å². The van der Waals surface area contributed by atoms with Gasteiger partial charge in [-0.15, -0.1) is 0 Å². The quantitative estimate of drug-likeness (QED) is 0.858. The number of aromatic amines is 1. The molecule has 2 rings (SSSR count). The lowest BCUT2D eigenvalue weighted by Gasteiger charge is -2.29. The maximum atomic E-state index is 11.6. The largest absolute Gasteiger partial charge is 0.489 e. The maximum Gasteiger partial charge on any atom is 0.295 e. The van der Waals surface area contributed by atoms with Gasteiger partial charge in [-0.25, -0.2) is 4.98 Å². The second-order valence-corrected chi connectivity index (χ2v) is 5.26. The first-order chi connectivity index (χ1) is 9.24. The fourth-order valence-corrected chi connectivity index (χ4v) is 2.88. The first-order valence-electron chi connectivity index (χ1n) is 7.12. The van der Waals surface area contributed by atoms with Crippen LogP contribution in [0.5, 0.6) is 5.75 Å². The van der Waals surface area contributed by atoms with Gasteiger partial charge < -0.3 is 15.0 Å². The average molecular weight is 265 g/mol. The van der Waals surface area contributed by atoms with E-state index >= 15 is 0 Å². The average Bonchev–Trinajstić information content (AvgIpc) is 2.42. The lowest BCUT2D eigenvalue weighted by atomic mass is 9.83. The second kappa shape index (κ2) is 6.59. The third kappa shape index (κ3) is 3.49. The molecule has 0 aromatic carbocycles. The minimum Gasteiger partial charge on any atom is -0.489 e. The number of nitrogens with one attached hydrogen (secondary N) is 2. The Morgan fingerprint density at radius 1 is 1.42 bits per heavy atom. The lowest BCUT2D eigenvalue weighted by molar-refractivity contribution is 0.317. The molecule has 1 aliphatic carbocycles. The molecule has 0 unspecified atom stereocenters. The highest BCUT2D eigenvalue weighted by Gasteiger charge is 2.22. The molecule has 19 heavy (non-hydrogen) atoms. The van der Waals surface area contributed by atoms with Crippen LogP contribution in [0.3, 0.4) is 0 Å². The summed E-state index contributed by atoms with van der Waals surface area (Å²) in [5.41, 5.74) is -0.236. The van der Waals surface area contributed by atoms with Crippen LogP contribution in [0.1, 0.15) is 45.4 Å². The summed E-state index contributed by atoms with van der Waals surface area (Å²) in [6.07, 6.45) is 8.82. The van der Waals surface area contributed by atoms with Crippen LogP contribution in [0, 0.1) is 5.92 Å². The standard InChI is InChI=1S/C14H23N3O2/c1-3-4-10-5-7-11(8-6-10)17-13-12(19-2)14(18)16-9-15-13/h9-11H,3-8H2,1-2H3,(H2,15,16,17,18). The molecule has 1 aromatic rings. The molecule has 1 heterocycles. The van der Waals surface area contributed by atoms with Crippen LogP contribution in [0.2, 0.25) is 0 Å². The summed E-state index contributed by atoms with van der Waals surface area (Å²) < 4.78 is 5.11. The molecule has 0 aliphatic heterocycles. The molecule has 1 aromatic heterocycles. The molecule has 0 amide bonds. The summed E-state index contributed by atoms with van der Waals surface area (Å²) in [7, 11) is 1.50. The Labute approximate surface area is 113 Å². The van der Waals surface area contributed by atoms with Gasteiger partial charge in [0, 0.05) is 6.04 Å². The van der Waals surface area contributed by atoms with Crippen LogP contribution in [0.15, 0.2) is 11.1 Å². The third-order valence-corrected chi connectivity index (χ3v) is 3.90. The van der Waals surface area contributed by atoms with Crippen LogP contribution in [0.25, 0.3) is 0 Å². The number of nitrogens with zero attached hydrogens (tertiary/aromatic N) is 1. The number of H-pyrrole nitrogens is 1. The molecule has 0 radical (unpaired) electrons. The van der Waals surface area contributed by atoms with Crippen molar-refractivity contribution in [3.63, 3.8) is 0 Å². The van der Waals surface area contributed by atoms with Crippen LogP contribution < -0.4 is 15.6 Å². The molecule has 0 atom stereocenters. The van der Waals surface area contributed by atoms with E-state index in [1.54, 1.807) is 0 Å². The van der Waals surface area contributed by atoms with Crippen LogP contribution in [-0.2, 0) is 0 Å². The predicted molar refractivity (Wildman–Crippen MR) is 75.7 cm³/mol. The van der Waals surface area contributed by atoms with Crippen molar-refractivity contribution in [1.29, 1.82) is 0 Å². The number of hydrogen-bond donors (Lipinski definition) is 2. The van der Waals surface area contributed by atoms with Gasteiger partial charge in [0.15, 0.2) is 5.82 Å². The maximum absolute atomic E-state index is 11.6. The summed E-state index contributed by atoms with van der Waals surface area (Å²) in [4.78, 5) is 18.3. The van der Waals surface area contributed by atoms with E-state index in [0.29, 0.717) is 11.9 Å². The molecule has 106 valence electrons. The Morgan fingerprint density at radius 2 is 2.16 bits per heavy atom. The summed E-state index contributed by atoms with van der Waals surface area (Å²) in [5, 5.41) is 3.35. The number of ether oxygens (including phenoxy) is 1. The van der Waals surface area contributed by atoms with Gasteiger partial charge in [-0.05, 0) is 31.6 Å². The predicted octanol–water partition coefficient (Wildman–Crippen LogP) is 2.55. The number of methoxy groups -OCH3 is 1. The lowest BCUT2D eigenvalue weighted by Crippen LogP contribution is -2.27. The minimum absolute atomic E-state index is 0.236. The van der Waals surface area contributed by atoms with E-state index in [4.69, 9.17) is 4.74 Å². The minimum atomic E-state index is -0.236. The van der Waals surface area contributed by atoms with Crippen molar-refractivity contribution in [2.24, 2.45) is 5.92 Å². The van der Waals surface area contributed by atoms with Gasteiger partial charge in [-0.1, -0.05) is 19.8 Å². The highest BCUT2D eigenvalue weighted by Crippen LogP contribution is 2.30. The van der Waals surface area contributed by atoms with E-state index in [0.717, 1.165) is 18.8 Å². The fraction of sp³-hybridized carbons (Fsp3) is 0.714. The molecule has 5 heteroatoms. The molecular formula is C14H23N3O2. The number of anilines is 1. The first kappa shape index (κ1) is 13.9. The van der Waals surface area contributed by atoms with E-state index in [2.05, 4.69) is 22.2 Å². The van der Waals surface area contributed by atoms with Gasteiger partial charge in [-0.3, -0.25) is 4.79 Å².